The molecule has 150 valence electrons. The molecule has 3 aromatic carbocycles. The highest BCUT2D eigenvalue weighted by molar-refractivity contribution is 5.78. The van der Waals surface area contributed by atoms with Crippen molar-refractivity contribution in [2.24, 2.45) is 0 Å². The highest BCUT2D eigenvalue weighted by atomic mass is 16.5. The summed E-state index contributed by atoms with van der Waals surface area (Å²) in [5, 5.41) is 1.15. The lowest BCUT2D eigenvalue weighted by molar-refractivity contribution is 0.302. The van der Waals surface area contributed by atoms with Gasteiger partial charge in [-0.2, -0.15) is 0 Å². The average Bonchev–Trinajstić information content (AvgIpc) is 2.83. The van der Waals surface area contributed by atoms with Gasteiger partial charge in [-0.25, -0.2) is 4.98 Å². The van der Waals surface area contributed by atoms with E-state index in [0.717, 1.165) is 22.3 Å². The zero-order valence-electron chi connectivity index (χ0n) is 17.3. The fourth-order valence-electron chi connectivity index (χ4n) is 4.61. The molecular weight excluding hydrogens is 366 g/mol. The van der Waals surface area contributed by atoms with Crippen molar-refractivity contribution in [1.29, 1.82) is 0 Å². The summed E-state index contributed by atoms with van der Waals surface area (Å²) in [5.41, 5.74) is 6.10. The first-order valence-electron chi connectivity index (χ1n) is 11.0. The third kappa shape index (κ3) is 4.09. The number of fused-ring (bicyclic) bond motifs is 1. The van der Waals surface area contributed by atoms with Crippen LogP contribution in [0.1, 0.15) is 49.3 Å². The Labute approximate surface area is 178 Å². The Kier molecular flexibility index (Phi) is 5.48. The fraction of sp³-hybridized carbons (Fsp3) is 0.250. The van der Waals surface area contributed by atoms with Gasteiger partial charge in [0.1, 0.15) is 12.4 Å². The van der Waals surface area contributed by atoms with Gasteiger partial charge < -0.3 is 4.74 Å². The number of para-hydroxylation sites is 1. The van der Waals surface area contributed by atoms with Gasteiger partial charge in [0.25, 0.3) is 0 Å². The second kappa shape index (κ2) is 8.71. The molecule has 0 N–H and O–H groups in total. The van der Waals surface area contributed by atoms with Crippen LogP contribution in [0.25, 0.3) is 22.0 Å². The molecule has 0 radical (unpaired) electrons. The van der Waals surface area contributed by atoms with E-state index in [-0.39, 0.29) is 0 Å². The van der Waals surface area contributed by atoms with Gasteiger partial charge in [0.15, 0.2) is 0 Å². The molecular formula is C28H27NO. The Morgan fingerprint density at radius 1 is 0.733 bits per heavy atom. The maximum atomic E-state index is 6.02. The van der Waals surface area contributed by atoms with E-state index in [9.17, 15) is 0 Å². The number of aromatic nitrogens is 1. The minimum absolute atomic E-state index is 0.475. The predicted octanol–water partition coefficient (Wildman–Crippen LogP) is 7.53. The van der Waals surface area contributed by atoms with Crippen LogP contribution >= 0.6 is 0 Å². The lowest BCUT2D eigenvalue weighted by Gasteiger charge is -2.24. The molecule has 1 aliphatic carbocycles. The van der Waals surface area contributed by atoms with Gasteiger partial charge in [0, 0.05) is 5.39 Å². The summed E-state index contributed by atoms with van der Waals surface area (Å²) < 4.78 is 6.02. The van der Waals surface area contributed by atoms with Crippen LogP contribution < -0.4 is 4.74 Å². The molecule has 4 aromatic rings. The minimum Gasteiger partial charge on any atom is -0.487 e. The van der Waals surface area contributed by atoms with Crippen LogP contribution in [0, 0.1) is 0 Å². The van der Waals surface area contributed by atoms with E-state index in [1.165, 1.54) is 48.8 Å². The summed E-state index contributed by atoms with van der Waals surface area (Å²) in [4.78, 5) is 4.69. The summed E-state index contributed by atoms with van der Waals surface area (Å²) in [5.74, 6) is 1.58. The van der Waals surface area contributed by atoms with Crippen LogP contribution in [0.2, 0.25) is 0 Å². The monoisotopic (exact) mass is 393 g/mol. The number of ether oxygens (including phenoxy) is 1. The van der Waals surface area contributed by atoms with Gasteiger partial charge in [0.05, 0.1) is 11.2 Å². The number of hydrogen-bond donors (Lipinski definition) is 0. The number of rotatable bonds is 5. The SMILES string of the molecule is c1ccc(C2CCCCC2)c(-c2ccc(OCc3ccc4ccccc4n3)cc2)c1. The molecule has 0 saturated heterocycles. The quantitative estimate of drug-likeness (QED) is 0.349. The third-order valence-corrected chi connectivity index (χ3v) is 6.21. The molecule has 0 atom stereocenters. The van der Waals surface area contributed by atoms with Crippen molar-refractivity contribution < 1.29 is 4.74 Å². The van der Waals surface area contributed by atoms with Crippen molar-refractivity contribution in [1.82, 2.24) is 4.98 Å². The zero-order valence-corrected chi connectivity index (χ0v) is 17.3. The second-order valence-corrected chi connectivity index (χ2v) is 8.23. The Balaban J connectivity index is 1.31. The smallest absolute Gasteiger partial charge is 0.130 e. The van der Waals surface area contributed by atoms with Crippen molar-refractivity contribution in [3.05, 3.63) is 96.2 Å². The van der Waals surface area contributed by atoms with Crippen LogP contribution in [0.4, 0.5) is 0 Å². The van der Waals surface area contributed by atoms with E-state index in [1.807, 2.05) is 24.3 Å². The first kappa shape index (κ1) is 18.9. The molecule has 0 unspecified atom stereocenters. The maximum Gasteiger partial charge on any atom is 0.130 e. The van der Waals surface area contributed by atoms with Gasteiger partial charge in [-0.3, -0.25) is 0 Å². The second-order valence-electron chi connectivity index (χ2n) is 8.23. The Morgan fingerprint density at radius 2 is 1.50 bits per heavy atom. The van der Waals surface area contributed by atoms with Crippen LogP contribution in [-0.4, -0.2) is 4.98 Å². The molecule has 0 aliphatic heterocycles. The molecule has 1 fully saturated rings. The van der Waals surface area contributed by atoms with Gasteiger partial charge in [-0.1, -0.05) is 79.9 Å². The highest BCUT2D eigenvalue weighted by Crippen LogP contribution is 2.38. The summed E-state index contributed by atoms with van der Waals surface area (Å²) in [6.07, 6.45) is 6.73. The predicted molar refractivity (Wildman–Crippen MR) is 124 cm³/mol. The van der Waals surface area contributed by atoms with Crippen molar-refractivity contribution >= 4 is 10.9 Å². The molecule has 1 saturated carbocycles. The fourth-order valence-corrected chi connectivity index (χ4v) is 4.61. The first-order valence-corrected chi connectivity index (χ1v) is 11.0. The van der Waals surface area contributed by atoms with Gasteiger partial charge in [0.2, 0.25) is 0 Å². The lowest BCUT2D eigenvalue weighted by atomic mass is 9.81. The zero-order chi connectivity index (χ0) is 20.2. The van der Waals surface area contributed by atoms with Crippen molar-refractivity contribution in [2.45, 2.75) is 44.6 Å². The molecule has 1 aromatic heterocycles. The topological polar surface area (TPSA) is 22.1 Å². The average molecular weight is 394 g/mol. The molecule has 2 heteroatoms. The van der Waals surface area contributed by atoms with Crippen LogP contribution in [0.15, 0.2) is 84.9 Å². The van der Waals surface area contributed by atoms with Crippen molar-refractivity contribution in [3.63, 3.8) is 0 Å². The van der Waals surface area contributed by atoms with Crippen molar-refractivity contribution in [2.75, 3.05) is 0 Å². The van der Waals surface area contributed by atoms with E-state index in [0.29, 0.717) is 12.5 Å². The van der Waals surface area contributed by atoms with Crippen LogP contribution in [0.3, 0.4) is 0 Å². The number of hydrogen-bond acceptors (Lipinski definition) is 2. The molecule has 30 heavy (non-hydrogen) atoms. The molecule has 0 amide bonds. The number of pyridine rings is 1. The molecule has 1 heterocycles. The normalized spacial score (nSPS) is 14.7. The van der Waals surface area contributed by atoms with Crippen LogP contribution in [0.5, 0.6) is 5.75 Å². The Bertz CT molecular complexity index is 1130. The van der Waals surface area contributed by atoms with E-state index in [2.05, 4.69) is 60.7 Å². The van der Waals surface area contributed by atoms with Crippen molar-refractivity contribution in [3.8, 4) is 16.9 Å². The van der Waals surface area contributed by atoms with Crippen LogP contribution in [-0.2, 0) is 6.61 Å². The van der Waals surface area contributed by atoms with E-state index >= 15 is 0 Å². The lowest BCUT2D eigenvalue weighted by Crippen LogP contribution is -2.05. The summed E-state index contributed by atoms with van der Waals surface area (Å²) >= 11 is 0. The van der Waals surface area contributed by atoms with E-state index in [4.69, 9.17) is 9.72 Å². The molecule has 1 aliphatic rings. The Hall–Kier alpha value is -3.13. The molecule has 2 nitrogen and oxygen atoms in total. The highest BCUT2D eigenvalue weighted by Gasteiger charge is 2.18. The molecule has 5 rings (SSSR count). The summed E-state index contributed by atoms with van der Waals surface area (Å²) in [7, 11) is 0. The third-order valence-electron chi connectivity index (χ3n) is 6.21. The number of nitrogens with zero attached hydrogens (tertiary/aromatic N) is 1. The van der Waals surface area contributed by atoms with Gasteiger partial charge in [-0.15, -0.1) is 0 Å². The van der Waals surface area contributed by atoms with Gasteiger partial charge >= 0.3 is 0 Å². The standard InChI is InChI=1S/C28H27NO/c1-2-8-21(9-3-1)26-11-5-6-12-27(26)22-15-18-25(19-16-22)30-20-24-17-14-23-10-4-7-13-28(23)29-24/h4-7,10-19,21H,1-3,8-9,20H2. The summed E-state index contributed by atoms with van der Waals surface area (Å²) in [6, 6.07) is 29.8. The minimum atomic E-state index is 0.475. The molecule has 0 spiro atoms. The largest absolute Gasteiger partial charge is 0.487 e. The molecule has 0 bridgehead atoms. The Morgan fingerprint density at radius 3 is 2.37 bits per heavy atom. The summed E-state index contributed by atoms with van der Waals surface area (Å²) in [6.45, 7) is 0.475. The first-order chi connectivity index (χ1) is 14.9. The van der Waals surface area contributed by atoms with E-state index in [1.54, 1.807) is 0 Å². The van der Waals surface area contributed by atoms with E-state index < -0.39 is 0 Å². The number of benzene rings is 3. The maximum absolute atomic E-state index is 6.02. The van der Waals surface area contributed by atoms with Gasteiger partial charge in [-0.05, 0) is 59.7 Å².